The molecule has 1 aliphatic rings. The molecule has 0 bridgehead atoms. The second-order valence-electron chi connectivity index (χ2n) is 6.27. The summed E-state index contributed by atoms with van der Waals surface area (Å²) in [7, 11) is -2.53. The molecule has 1 saturated carbocycles. The van der Waals surface area contributed by atoms with Crippen LogP contribution >= 0.6 is 23.2 Å². The fraction of sp³-hybridized carbons (Fsp3) is 0.562. The number of nitrogens with one attached hydrogen (secondary N) is 1. The molecule has 5 nitrogen and oxygen atoms in total. The van der Waals surface area contributed by atoms with Gasteiger partial charge < -0.3 is 5.32 Å². The minimum Gasteiger partial charge on any atom is -0.352 e. The molecule has 0 saturated heterocycles. The van der Waals surface area contributed by atoms with E-state index in [0.29, 0.717) is 5.92 Å². The van der Waals surface area contributed by atoms with Crippen molar-refractivity contribution in [2.75, 3.05) is 13.6 Å². The molecule has 1 aromatic rings. The molecule has 1 fully saturated rings. The molecule has 134 valence electrons. The minimum absolute atomic E-state index is 0.0764. The molecule has 1 N–H and O–H groups in total. The molecule has 0 unspecified atom stereocenters. The van der Waals surface area contributed by atoms with Gasteiger partial charge in [0.05, 0.1) is 11.6 Å². The molecule has 8 heteroatoms. The van der Waals surface area contributed by atoms with Crippen LogP contribution in [-0.4, -0.2) is 38.3 Å². The highest BCUT2D eigenvalue weighted by Crippen LogP contribution is 2.27. The predicted octanol–water partition coefficient (Wildman–Crippen LogP) is 3.31. The zero-order valence-corrected chi connectivity index (χ0v) is 16.1. The molecule has 1 aromatic carbocycles. The first kappa shape index (κ1) is 19.5. The number of hydrogen-bond donors (Lipinski definition) is 1. The molecule has 0 spiro atoms. The van der Waals surface area contributed by atoms with Crippen molar-refractivity contribution >= 4 is 39.1 Å². The van der Waals surface area contributed by atoms with E-state index >= 15 is 0 Å². The van der Waals surface area contributed by atoms with Crippen LogP contribution in [0.1, 0.15) is 32.6 Å². The quantitative estimate of drug-likeness (QED) is 0.835. The number of likely N-dealkylation sites (N-methyl/N-ethyl adjacent to an activating group) is 1. The third-order valence-corrected chi connectivity index (χ3v) is 6.93. The van der Waals surface area contributed by atoms with Gasteiger partial charge in [0.1, 0.15) is 4.90 Å². The van der Waals surface area contributed by atoms with Crippen LogP contribution in [0, 0.1) is 5.92 Å². The van der Waals surface area contributed by atoms with Crippen LogP contribution in [-0.2, 0) is 14.8 Å². The molecule has 0 aromatic heterocycles. The highest BCUT2D eigenvalue weighted by Gasteiger charge is 2.28. The van der Waals surface area contributed by atoms with Crippen molar-refractivity contribution in [3.05, 3.63) is 28.2 Å². The predicted molar refractivity (Wildman–Crippen MR) is 95.8 cm³/mol. The van der Waals surface area contributed by atoms with Gasteiger partial charge in [-0.25, -0.2) is 8.42 Å². The highest BCUT2D eigenvalue weighted by molar-refractivity contribution is 7.89. The molecule has 0 aliphatic heterocycles. The molecular formula is C16H22Cl2N2O3S. The number of carbonyl (C=O) groups excluding carboxylic acids is 1. The molecule has 24 heavy (non-hydrogen) atoms. The van der Waals surface area contributed by atoms with Crippen LogP contribution in [0.5, 0.6) is 0 Å². The number of rotatable bonds is 5. The van der Waals surface area contributed by atoms with Crippen molar-refractivity contribution in [3.63, 3.8) is 0 Å². The fourth-order valence-electron chi connectivity index (χ4n) is 2.91. The van der Waals surface area contributed by atoms with Crippen LogP contribution in [0.4, 0.5) is 0 Å². The molecule has 0 heterocycles. The van der Waals surface area contributed by atoms with Crippen molar-refractivity contribution in [2.45, 2.75) is 43.5 Å². The lowest BCUT2D eigenvalue weighted by Gasteiger charge is -2.30. The summed E-state index contributed by atoms with van der Waals surface area (Å²) in [4.78, 5) is 12.1. The normalized spacial score (nSPS) is 21.7. The largest absolute Gasteiger partial charge is 0.352 e. The first-order valence-electron chi connectivity index (χ1n) is 7.92. The summed E-state index contributed by atoms with van der Waals surface area (Å²) in [5.74, 6) is 0.102. The van der Waals surface area contributed by atoms with Crippen LogP contribution < -0.4 is 5.32 Å². The van der Waals surface area contributed by atoms with Gasteiger partial charge in [-0.05, 0) is 37.0 Å². The Morgan fingerprint density at radius 2 is 1.96 bits per heavy atom. The number of nitrogens with zero attached hydrogens (tertiary/aromatic N) is 1. The van der Waals surface area contributed by atoms with Crippen molar-refractivity contribution in [3.8, 4) is 0 Å². The van der Waals surface area contributed by atoms with Crippen molar-refractivity contribution in [1.82, 2.24) is 9.62 Å². The number of amides is 1. The van der Waals surface area contributed by atoms with Gasteiger partial charge in [-0.1, -0.05) is 43.0 Å². The van der Waals surface area contributed by atoms with Crippen molar-refractivity contribution in [1.29, 1.82) is 0 Å². The maximum atomic E-state index is 12.6. The molecule has 2 rings (SSSR count). The van der Waals surface area contributed by atoms with E-state index in [0.717, 1.165) is 23.6 Å². The standard InChI is InChI=1S/C16H22Cl2N2O3S/c1-11-5-3-4-6-14(11)19-16(21)10-20(2)24(22,23)15-9-12(17)7-8-13(15)18/h7-9,11,14H,3-6,10H2,1-2H3,(H,19,21)/t11-,14-/m0/s1. The maximum absolute atomic E-state index is 12.6. The summed E-state index contributed by atoms with van der Waals surface area (Å²) in [6, 6.07) is 4.34. The molecule has 1 amide bonds. The number of sulfonamides is 1. The topological polar surface area (TPSA) is 66.5 Å². The smallest absolute Gasteiger partial charge is 0.244 e. The van der Waals surface area contributed by atoms with E-state index in [2.05, 4.69) is 12.2 Å². The van der Waals surface area contributed by atoms with Gasteiger partial charge in [0.2, 0.25) is 15.9 Å². The summed E-state index contributed by atoms with van der Waals surface area (Å²) in [5, 5.41) is 3.29. The Kier molecular flexibility index (Phi) is 6.53. The Morgan fingerprint density at radius 3 is 2.62 bits per heavy atom. The summed E-state index contributed by atoms with van der Waals surface area (Å²) in [6.07, 6.45) is 4.28. The van der Waals surface area contributed by atoms with Gasteiger partial charge in [-0.2, -0.15) is 4.31 Å². The van der Waals surface area contributed by atoms with Crippen LogP contribution in [0.2, 0.25) is 10.0 Å². The van der Waals surface area contributed by atoms with E-state index in [9.17, 15) is 13.2 Å². The Morgan fingerprint density at radius 1 is 1.29 bits per heavy atom. The molecule has 2 atom stereocenters. The first-order valence-corrected chi connectivity index (χ1v) is 10.1. The van der Waals surface area contributed by atoms with E-state index in [1.807, 2.05) is 0 Å². The van der Waals surface area contributed by atoms with Gasteiger partial charge in [-0.3, -0.25) is 4.79 Å². The number of hydrogen-bond acceptors (Lipinski definition) is 3. The molecule has 0 radical (unpaired) electrons. The number of halogens is 2. The lowest BCUT2D eigenvalue weighted by atomic mass is 9.86. The molecular weight excluding hydrogens is 371 g/mol. The number of benzene rings is 1. The van der Waals surface area contributed by atoms with E-state index < -0.39 is 10.0 Å². The van der Waals surface area contributed by atoms with Gasteiger partial charge in [0.25, 0.3) is 0 Å². The monoisotopic (exact) mass is 392 g/mol. The van der Waals surface area contributed by atoms with Crippen molar-refractivity contribution in [2.24, 2.45) is 5.92 Å². The summed E-state index contributed by atoms with van der Waals surface area (Å²) in [5.41, 5.74) is 0. The summed E-state index contributed by atoms with van der Waals surface area (Å²) < 4.78 is 26.2. The summed E-state index contributed by atoms with van der Waals surface area (Å²) in [6.45, 7) is 1.85. The van der Waals surface area contributed by atoms with Crippen molar-refractivity contribution < 1.29 is 13.2 Å². The zero-order valence-electron chi connectivity index (χ0n) is 13.8. The minimum atomic E-state index is -3.89. The third-order valence-electron chi connectivity index (χ3n) is 4.41. The Hall–Kier alpha value is -0.820. The highest BCUT2D eigenvalue weighted by atomic mass is 35.5. The zero-order chi connectivity index (χ0) is 17.9. The second kappa shape index (κ2) is 8.04. The van der Waals surface area contributed by atoms with Gasteiger partial charge in [-0.15, -0.1) is 0 Å². The van der Waals surface area contributed by atoms with E-state index in [1.165, 1.54) is 31.7 Å². The Labute approximate surface area is 153 Å². The summed E-state index contributed by atoms with van der Waals surface area (Å²) >= 11 is 11.8. The van der Waals surface area contributed by atoms with Gasteiger partial charge in [0.15, 0.2) is 0 Å². The van der Waals surface area contributed by atoms with Crippen LogP contribution in [0.3, 0.4) is 0 Å². The third kappa shape index (κ3) is 4.63. The lowest BCUT2D eigenvalue weighted by Crippen LogP contribution is -2.46. The van der Waals surface area contributed by atoms with Crippen LogP contribution in [0.25, 0.3) is 0 Å². The van der Waals surface area contributed by atoms with E-state index in [-0.39, 0.29) is 33.4 Å². The maximum Gasteiger partial charge on any atom is 0.244 e. The Bertz CT molecular complexity index is 709. The van der Waals surface area contributed by atoms with Gasteiger partial charge >= 0.3 is 0 Å². The SMILES string of the molecule is C[C@H]1CCCC[C@@H]1NC(=O)CN(C)S(=O)(=O)c1cc(Cl)ccc1Cl. The van der Waals surface area contributed by atoms with E-state index in [1.54, 1.807) is 0 Å². The fourth-order valence-corrected chi connectivity index (χ4v) is 4.77. The van der Waals surface area contributed by atoms with Crippen LogP contribution in [0.15, 0.2) is 23.1 Å². The first-order chi connectivity index (χ1) is 11.2. The van der Waals surface area contributed by atoms with Gasteiger partial charge in [0, 0.05) is 18.1 Å². The Balaban J connectivity index is 2.06. The average molecular weight is 393 g/mol. The lowest BCUT2D eigenvalue weighted by molar-refractivity contribution is -0.122. The van der Waals surface area contributed by atoms with E-state index in [4.69, 9.17) is 23.2 Å². The number of carbonyl (C=O) groups is 1. The molecule has 1 aliphatic carbocycles. The second-order valence-corrected chi connectivity index (χ2v) is 9.13. The average Bonchev–Trinajstić information content (AvgIpc) is 2.51.